The third-order valence-corrected chi connectivity index (χ3v) is 5.38. The fraction of sp³-hybridized carbons (Fsp3) is 0.455. The van der Waals surface area contributed by atoms with Crippen molar-refractivity contribution >= 4 is 29.2 Å². The number of pyridine rings is 2. The molecule has 0 unspecified atom stereocenters. The van der Waals surface area contributed by atoms with E-state index in [-0.39, 0.29) is 5.92 Å². The quantitative estimate of drug-likeness (QED) is 0.598. The Hall–Kier alpha value is -2.71. The zero-order valence-corrected chi connectivity index (χ0v) is 18.8. The number of amides is 1. The van der Waals surface area contributed by atoms with Gasteiger partial charge in [0.1, 0.15) is 22.4 Å². The molecule has 8 nitrogen and oxygen atoms in total. The van der Waals surface area contributed by atoms with Crippen LogP contribution in [0.5, 0.6) is 0 Å². The number of halogens is 1. The maximum Gasteiger partial charge on any atom is 0.413 e. The van der Waals surface area contributed by atoms with Gasteiger partial charge in [-0.1, -0.05) is 23.7 Å². The number of rotatable bonds is 4. The van der Waals surface area contributed by atoms with Crippen molar-refractivity contribution in [3.8, 4) is 0 Å². The van der Waals surface area contributed by atoms with E-state index in [0.717, 1.165) is 43.0 Å². The van der Waals surface area contributed by atoms with Gasteiger partial charge in [0.15, 0.2) is 5.65 Å². The molecule has 1 fully saturated rings. The molecular weight excluding hydrogens is 416 g/mol. The molecule has 1 saturated heterocycles. The molecule has 164 valence electrons. The number of carbonyl (C=O) groups excluding carboxylic acids is 1. The van der Waals surface area contributed by atoms with E-state index in [4.69, 9.17) is 16.3 Å². The number of likely N-dealkylation sites (tertiary alicyclic amines) is 1. The molecule has 3 aromatic heterocycles. The minimum absolute atomic E-state index is 0.286. The summed E-state index contributed by atoms with van der Waals surface area (Å²) in [5.74, 6) is 1.70. The molecule has 1 aliphatic heterocycles. The molecule has 1 aliphatic rings. The number of nitrogens with zero attached hydrogens (tertiary/aromatic N) is 5. The third-order valence-electron chi connectivity index (χ3n) is 5.17. The molecule has 3 aromatic rings. The topological polar surface area (TPSA) is 84.6 Å². The zero-order valence-electron chi connectivity index (χ0n) is 18.0. The lowest BCUT2D eigenvalue weighted by Gasteiger charge is -2.32. The van der Waals surface area contributed by atoms with Crippen molar-refractivity contribution < 1.29 is 9.53 Å². The van der Waals surface area contributed by atoms with Crippen molar-refractivity contribution in [1.82, 2.24) is 24.5 Å². The predicted octanol–water partition coefficient (Wildman–Crippen LogP) is 4.50. The van der Waals surface area contributed by atoms with Gasteiger partial charge in [0.25, 0.3) is 0 Å². The molecule has 1 amide bonds. The molecule has 0 radical (unpaired) electrons. The number of hydrogen-bond donors (Lipinski definition) is 1. The molecule has 31 heavy (non-hydrogen) atoms. The van der Waals surface area contributed by atoms with E-state index >= 15 is 0 Å². The van der Waals surface area contributed by atoms with E-state index in [1.807, 2.05) is 51.2 Å². The number of anilines is 1. The molecular formula is C22H27ClN6O2. The highest BCUT2D eigenvalue weighted by Gasteiger charge is 2.26. The number of piperidine rings is 1. The number of nitrogens with one attached hydrogen (secondary N) is 1. The molecule has 1 N–H and O–H groups in total. The second-order valence-electron chi connectivity index (χ2n) is 8.83. The summed E-state index contributed by atoms with van der Waals surface area (Å²) in [4.78, 5) is 18.9. The maximum absolute atomic E-state index is 12.3. The molecule has 9 heteroatoms. The van der Waals surface area contributed by atoms with E-state index in [9.17, 15) is 4.79 Å². The van der Waals surface area contributed by atoms with Gasteiger partial charge in [-0.3, -0.25) is 14.6 Å². The van der Waals surface area contributed by atoms with Gasteiger partial charge >= 0.3 is 6.09 Å². The Morgan fingerprint density at radius 3 is 2.90 bits per heavy atom. The van der Waals surface area contributed by atoms with Crippen molar-refractivity contribution in [2.24, 2.45) is 0 Å². The first-order chi connectivity index (χ1) is 14.8. The summed E-state index contributed by atoms with van der Waals surface area (Å²) in [7, 11) is 0. The van der Waals surface area contributed by atoms with Crippen LogP contribution in [0.2, 0.25) is 5.15 Å². The van der Waals surface area contributed by atoms with Gasteiger partial charge < -0.3 is 4.74 Å². The van der Waals surface area contributed by atoms with Gasteiger partial charge in [-0.05, 0) is 58.4 Å². The van der Waals surface area contributed by atoms with Crippen LogP contribution in [0, 0.1) is 0 Å². The summed E-state index contributed by atoms with van der Waals surface area (Å²) >= 11 is 6.09. The minimum atomic E-state index is -0.593. The second-order valence-corrected chi connectivity index (χ2v) is 9.22. The highest BCUT2D eigenvalue weighted by Crippen LogP contribution is 2.28. The summed E-state index contributed by atoms with van der Waals surface area (Å²) in [6.07, 6.45) is 3.58. The molecule has 0 aliphatic carbocycles. The highest BCUT2D eigenvalue weighted by atomic mass is 35.5. The van der Waals surface area contributed by atoms with Crippen LogP contribution in [-0.4, -0.2) is 49.3 Å². The van der Waals surface area contributed by atoms with Crippen molar-refractivity contribution in [3.63, 3.8) is 0 Å². The van der Waals surface area contributed by atoms with Crippen molar-refractivity contribution in [3.05, 3.63) is 53.1 Å². The monoisotopic (exact) mass is 442 g/mol. The van der Waals surface area contributed by atoms with E-state index in [1.54, 1.807) is 6.07 Å². The first kappa shape index (κ1) is 21.5. The Morgan fingerprint density at radius 1 is 1.26 bits per heavy atom. The maximum atomic E-state index is 12.3. The van der Waals surface area contributed by atoms with Crippen LogP contribution in [0.3, 0.4) is 0 Å². The van der Waals surface area contributed by atoms with Gasteiger partial charge in [-0.15, -0.1) is 10.2 Å². The van der Waals surface area contributed by atoms with E-state index in [0.29, 0.717) is 17.5 Å². The first-order valence-electron chi connectivity index (χ1n) is 10.5. The van der Waals surface area contributed by atoms with Crippen LogP contribution in [-0.2, 0) is 11.3 Å². The van der Waals surface area contributed by atoms with Gasteiger partial charge in [-0.25, -0.2) is 9.78 Å². The summed E-state index contributed by atoms with van der Waals surface area (Å²) in [6, 6.07) is 9.57. The molecule has 4 heterocycles. The van der Waals surface area contributed by atoms with Gasteiger partial charge in [0, 0.05) is 30.8 Å². The smallest absolute Gasteiger partial charge is 0.413 e. The Balaban J connectivity index is 1.49. The minimum Gasteiger partial charge on any atom is -0.444 e. The number of carbonyl (C=O) groups is 1. The van der Waals surface area contributed by atoms with Crippen molar-refractivity contribution in [2.75, 3.05) is 18.4 Å². The summed E-state index contributed by atoms with van der Waals surface area (Å²) in [5, 5.41) is 11.8. The van der Waals surface area contributed by atoms with Crippen LogP contribution in [0.25, 0.3) is 5.65 Å². The van der Waals surface area contributed by atoms with E-state index in [2.05, 4.69) is 29.8 Å². The lowest BCUT2D eigenvalue weighted by atomic mass is 9.96. The van der Waals surface area contributed by atoms with Gasteiger partial charge in [0.2, 0.25) is 0 Å². The zero-order chi connectivity index (χ0) is 22.0. The SMILES string of the molecule is CC(C)(C)OC(=O)Nc1nc(Cl)ccc1CN1CCC[C@@H](c2nnc3ccccn23)C1. The molecule has 0 bridgehead atoms. The highest BCUT2D eigenvalue weighted by molar-refractivity contribution is 6.29. The fourth-order valence-electron chi connectivity index (χ4n) is 3.89. The van der Waals surface area contributed by atoms with Crippen LogP contribution in [0.15, 0.2) is 36.5 Å². The molecule has 0 aromatic carbocycles. The largest absolute Gasteiger partial charge is 0.444 e. The Morgan fingerprint density at radius 2 is 2.10 bits per heavy atom. The molecule has 0 saturated carbocycles. The fourth-order valence-corrected chi connectivity index (χ4v) is 4.04. The first-order valence-corrected chi connectivity index (χ1v) is 10.8. The molecule has 0 spiro atoms. The number of hydrogen-bond acceptors (Lipinski definition) is 6. The number of ether oxygens (including phenoxy) is 1. The van der Waals surface area contributed by atoms with E-state index in [1.165, 1.54) is 0 Å². The average Bonchev–Trinajstić information content (AvgIpc) is 3.13. The van der Waals surface area contributed by atoms with Crippen molar-refractivity contribution in [1.29, 1.82) is 0 Å². The average molecular weight is 443 g/mol. The van der Waals surface area contributed by atoms with Gasteiger partial charge in [0.05, 0.1) is 0 Å². The van der Waals surface area contributed by atoms with Crippen LogP contribution in [0.4, 0.5) is 10.6 Å². The third kappa shape index (κ3) is 5.32. The van der Waals surface area contributed by atoms with Crippen LogP contribution < -0.4 is 5.32 Å². The number of aromatic nitrogens is 4. The van der Waals surface area contributed by atoms with E-state index < -0.39 is 11.7 Å². The summed E-state index contributed by atoms with van der Waals surface area (Å²) in [6.45, 7) is 7.91. The standard InChI is InChI=1S/C22H27ClN6O2/c1-22(2,3)31-21(30)25-19-15(9-10-17(23)24-19)13-28-11-6-7-16(14-28)20-27-26-18-8-4-5-12-29(18)20/h4-5,8-10,12,16H,6-7,11,13-14H2,1-3H3,(H,24,25,30)/t16-/m1/s1. The lowest BCUT2D eigenvalue weighted by Crippen LogP contribution is -2.35. The van der Waals surface area contributed by atoms with Gasteiger partial charge in [-0.2, -0.15) is 0 Å². The Kier molecular flexibility index (Phi) is 6.11. The summed E-state index contributed by atoms with van der Waals surface area (Å²) < 4.78 is 7.43. The van der Waals surface area contributed by atoms with Crippen molar-refractivity contribution in [2.45, 2.75) is 51.7 Å². The molecule has 1 atom stereocenters. The van der Waals surface area contributed by atoms with Crippen LogP contribution >= 0.6 is 11.6 Å². The Labute approximate surface area is 186 Å². The number of fused-ring (bicyclic) bond motifs is 1. The van der Waals surface area contributed by atoms with Crippen LogP contribution in [0.1, 0.15) is 50.9 Å². The predicted molar refractivity (Wildman–Crippen MR) is 119 cm³/mol. The lowest BCUT2D eigenvalue weighted by molar-refractivity contribution is 0.0635. The second kappa shape index (κ2) is 8.80. The molecule has 4 rings (SSSR count). The Bertz CT molecular complexity index is 1080. The summed E-state index contributed by atoms with van der Waals surface area (Å²) in [5.41, 5.74) is 1.16. The normalized spacial score (nSPS) is 17.6.